The zero-order valence-electron chi connectivity index (χ0n) is 20.8. The van der Waals surface area contributed by atoms with Gasteiger partial charge in [0.25, 0.3) is 0 Å². The zero-order valence-corrected chi connectivity index (χ0v) is 21.6. The highest BCUT2D eigenvalue weighted by atomic mass is 35.5. The highest BCUT2D eigenvalue weighted by molar-refractivity contribution is 6.30. The molecule has 0 saturated carbocycles. The summed E-state index contributed by atoms with van der Waals surface area (Å²) in [4.78, 5) is 33.6. The summed E-state index contributed by atoms with van der Waals surface area (Å²) in [5.41, 5.74) is 2.24. The quantitative estimate of drug-likeness (QED) is 0.132. The molecule has 9 nitrogen and oxygen atoms in total. The average molecular weight is 539 g/mol. The van der Waals surface area contributed by atoms with Crippen molar-refractivity contribution < 1.29 is 28.2 Å². The normalized spacial score (nSPS) is 10.7. The maximum Gasteiger partial charge on any atom is 0.347 e. The third kappa shape index (κ3) is 5.45. The van der Waals surface area contributed by atoms with Crippen molar-refractivity contribution in [3.05, 3.63) is 77.6 Å². The molecule has 196 valence electrons. The fourth-order valence-corrected chi connectivity index (χ4v) is 3.93. The van der Waals surface area contributed by atoms with Gasteiger partial charge in [0.15, 0.2) is 11.2 Å². The highest BCUT2D eigenvalue weighted by Gasteiger charge is 2.22. The lowest BCUT2D eigenvalue weighted by atomic mass is 10.1. The molecule has 0 atom stereocenters. The largest absolute Gasteiger partial charge is 0.497 e. The van der Waals surface area contributed by atoms with Crippen molar-refractivity contribution in [1.82, 2.24) is 14.5 Å². The summed E-state index contributed by atoms with van der Waals surface area (Å²) in [6, 6.07) is 11.7. The molecular formula is C27H24ClFN4O5. The summed E-state index contributed by atoms with van der Waals surface area (Å²) in [7, 11) is 1.58. The molecule has 0 radical (unpaired) electrons. The Kier molecular flexibility index (Phi) is 8.22. The van der Waals surface area contributed by atoms with Crippen LogP contribution in [0.4, 0.5) is 10.2 Å². The van der Waals surface area contributed by atoms with Gasteiger partial charge in [0.05, 0.1) is 30.7 Å². The van der Waals surface area contributed by atoms with Crippen LogP contribution in [0, 0.1) is 5.82 Å². The van der Waals surface area contributed by atoms with Crippen LogP contribution >= 0.6 is 11.6 Å². The van der Waals surface area contributed by atoms with E-state index in [4.69, 9.17) is 25.8 Å². The molecule has 4 rings (SSSR count). The van der Waals surface area contributed by atoms with Crippen molar-refractivity contribution >= 4 is 40.4 Å². The first kappa shape index (κ1) is 26.6. The molecule has 0 aliphatic carbocycles. The molecule has 0 bridgehead atoms. The van der Waals surface area contributed by atoms with Crippen molar-refractivity contribution in [2.45, 2.75) is 13.8 Å². The number of ether oxygens (including phenoxy) is 3. The number of aromatic nitrogens is 3. The molecule has 0 spiro atoms. The first-order chi connectivity index (χ1) is 18.4. The maximum atomic E-state index is 13.9. The summed E-state index contributed by atoms with van der Waals surface area (Å²) in [6.07, 6.45) is 4.34. The molecule has 0 saturated heterocycles. The van der Waals surface area contributed by atoms with Crippen molar-refractivity contribution in [3.63, 3.8) is 0 Å². The average Bonchev–Trinajstić information content (AvgIpc) is 3.31. The number of esters is 2. The Labute approximate surface area is 222 Å². The highest BCUT2D eigenvalue weighted by Crippen LogP contribution is 2.36. The number of rotatable bonds is 9. The van der Waals surface area contributed by atoms with E-state index in [9.17, 15) is 14.0 Å². The molecule has 0 fully saturated rings. The van der Waals surface area contributed by atoms with Gasteiger partial charge in [0.1, 0.15) is 23.7 Å². The second-order valence-electron chi connectivity index (χ2n) is 7.80. The minimum atomic E-state index is -0.836. The standard InChI is InChI=1S/C27H24ClFN4O5/c1-4-37-26(34)19(27(35)38-5-2)13-30-24-23-20(16-6-9-18(36-3)10-7-16)14-33(25(23)32-15-31-24)17-8-11-22(29)21(28)12-17/h6-15H,4-5H2,1-3H3,(H,30,31,32). The molecule has 2 aromatic carbocycles. The smallest absolute Gasteiger partial charge is 0.347 e. The number of nitrogens with zero attached hydrogens (tertiary/aromatic N) is 3. The number of anilines is 1. The maximum absolute atomic E-state index is 13.9. The van der Waals surface area contributed by atoms with Crippen LogP contribution in [0.15, 0.2) is 66.8 Å². The van der Waals surface area contributed by atoms with Crippen LogP contribution in [0.5, 0.6) is 5.75 Å². The number of nitrogens with one attached hydrogen (secondary N) is 1. The van der Waals surface area contributed by atoms with Gasteiger partial charge in [-0.15, -0.1) is 0 Å². The van der Waals surface area contributed by atoms with Crippen LogP contribution in [0.3, 0.4) is 0 Å². The number of hydrogen-bond acceptors (Lipinski definition) is 8. The van der Waals surface area contributed by atoms with Crippen LogP contribution in [0.1, 0.15) is 13.8 Å². The van der Waals surface area contributed by atoms with Crippen molar-refractivity contribution in [2.24, 2.45) is 0 Å². The number of hydrogen-bond donors (Lipinski definition) is 1. The molecule has 2 heterocycles. The Morgan fingerprint density at radius 3 is 2.34 bits per heavy atom. The van der Waals surface area contributed by atoms with Gasteiger partial charge in [-0.1, -0.05) is 23.7 Å². The van der Waals surface area contributed by atoms with E-state index < -0.39 is 17.8 Å². The van der Waals surface area contributed by atoms with E-state index in [1.807, 2.05) is 30.5 Å². The van der Waals surface area contributed by atoms with Gasteiger partial charge in [-0.2, -0.15) is 0 Å². The summed E-state index contributed by atoms with van der Waals surface area (Å²) in [5.74, 6) is -1.24. The Balaban J connectivity index is 1.90. The van der Waals surface area contributed by atoms with E-state index in [1.165, 1.54) is 24.7 Å². The number of methoxy groups -OCH3 is 1. The minimum Gasteiger partial charge on any atom is -0.497 e. The number of halogens is 2. The zero-order chi connectivity index (χ0) is 27.2. The van der Waals surface area contributed by atoms with Crippen molar-refractivity contribution in [3.8, 4) is 22.6 Å². The predicted molar refractivity (Wildman–Crippen MR) is 141 cm³/mol. The van der Waals surface area contributed by atoms with E-state index in [-0.39, 0.29) is 23.8 Å². The van der Waals surface area contributed by atoms with Crippen molar-refractivity contribution in [2.75, 3.05) is 25.6 Å². The first-order valence-corrected chi connectivity index (χ1v) is 12.0. The van der Waals surface area contributed by atoms with Gasteiger partial charge in [0, 0.05) is 23.6 Å². The summed E-state index contributed by atoms with van der Waals surface area (Å²) < 4.78 is 30.9. The van der Waals surface area contributed by atoms with E-state index >= 15 is 0 Å². The Hall–Kier alpha value is -4.44. The van der Waals surface area contributed by atoms with E-state index in [0.29, 0.717) is 33.9 Å². The monoisotopic (exact) mass is 538 g/mol. The Morgan fingerprint density at radius 1 is 1.05 bits per heavy atom. The predicted octanol–water partition coefficient (Wildman–Crippen LogP) is 5.31. The SMILES string of the molecule is CCOC(=O)C(=CNc1ncnc2c1c(-c1ccc(OC)cc1)cn2-c1ccc(F)c(Cl)c1)C(=O)OCC. The van der Waals surface area contributed by atoms with Gasteiger partial charge >= 0.3 is 11.9 Å². The molecule has 11 heteroatoms. The molecule has 0 aliphatic heterocycles. The fourth-order valence-electron chi connectivity index (χ4n) is 3.75. The molecule has 2 aromatic heterocycles. The summed E-state index contributed by atoms with van der Waals surface area (Å²) >= 11 is 6.06. The number of benzene rings is 2. The van der Waals surface area contributed by atoms with Gasteiger partial charge in [-0.3, -0.25) is 0 Å². The molecule has 0 unspecified atom stereocenters. The third-order valence-electron chi connectivity index (χ3n) is 5.51. The lowest BCUT2D eigenvalue weighted by Gasteiger charge is -2.09. The lowest BCUT2D eigenvalue weighted by Crippen LogP contribution is -2.19. The lowest BCUT2D eigenvalue weighted by molar-refractivity contribution is -0.146. The number of carbonyl (C=O) groups excluding carboxylic acids is 2. The molecular weight excluding hydrogens is 515 g/mol. The van der Waals surface area contributed by atoms with Crippen LogP contribution in [0.2, 0.25) is 5.02 Å². The van der Waals surface area contributed by atoms with Gasteiger partial charge in [-0.25, -0.2) is 23.9 Å². The summed E-state index contributed by atoms with van der Waals surface area (Å²) in [5, 5.41) is 3.47. The second-order valence-corrected chi connectivity index (χ2v) is 8.21. The topological polar surface area (TPSA) is 105 Å². The molecule has 0 aliphatic rings. The van der Waals surface area contributed by atoms with Gasteiger partial charge in [-0.05, 0) is 49.7 Å². The number of carbonyl (C=O) groups is 2. The van der Waals surface area contributed by atoms with Crippen LogP contribution in [-0.4, -0.2) is 46.8 Å². The van der Waals surface area contributed by atoms with E-state index in [0.717, 1.165) is 5.56 Å². The fraction of sp³-hybridized carbons (Fsp3) is 0.185. The third-order valence-corrected chi connectivity index (χ3v) is 5.80. The van der Waals surface area contributed by atoms with E-state index in [1.54, 1.807) is 31.6 Å². The minimum absolute atomic E-state index is 0.0424. The van der Waals surface area contributed by atoms with Crippen LogP contribution in [-0.2, 0) is 19.1 Å². The molecule has 38 heavy (non-hydrogen) atoms. The van der Waals surface area contributed by atoms with Crippen LogP contribution in [0.25, 0.3) is 27.8 Å². The molecule has 0 amide bonds. The first-order valence-electron chi connectivity index (χ1n) is 11.6. The van der Waals surface area contributed by atoms with Gasteiger partial charge < -0.3 is 24.1 Å². The Bertz CT molecular complexity index is 1500. The second kappa shape index (κ2) is 11.7. The Morgan fingerprint density at radius 2 is 1.74 bits per heavy atom. The van der Waals surface area contributed by atoms with E-state index in [2.05, 4.69) is 15.3 Å². The van der Waals surface area contributed by atoms with Crippen LogP contribution < -0.4 is 10.1 Å². The molecule has 1 N–H and O–H groups in total. The van der Waals surface area contributed by atoms with Gasteiger partial charge in [0.2, 0.25) is 0 Å². The van der Waals surface area contributed by atoms with Crippen molar-refractivity contribution in [1.29, 1.82) is 0 Å². The number of fused-ring (bicyclic) bond motifs is 1. The molecule has 4 aromatic rings. The summed E-state index contributed by atoms with van der Waals surface area (Å²) in [6.45, 7) is 3.43.